The summed E-state index contributed by atoms with van der Waals surface area (Å²) in [5.41, 5.74) is 2.44. The molecule has 0 fully saturated rings. The molecule has 5 heteroatoms. The lowest BCUT2D eigenvalue weighted by atomic mass is 10.1. The highest BCUT2D eigenvalue weighted by Gasteiger charge is 2.11. The first-order chi connectivity index (χ1) is 12.7. The Balaban J connectivity index is 1.64. The summed E-state index contributed by atoms with van der Waals surface area (Å²) in [7, 11) is 0. The first-order valence-corrected chi connectivity index (χ1v) is 8.69. The molecule has 0 saturated heterocycles. The Morgan fingerprint density at radius 1 is 0.885 bits per heavy atom. The van der Waals surface area contributed by atoms with Crippen LogP contribution < -0.4 is 9.47 Å². The Bertz CT molecular complexity index is 922. The van der Waals surface area contributed by atoms with E-state index < -0.39 is 5.97 Å². The van der Waals surface area contributed by atoms with Crippen molar-refractivity contribution in [3.8, 4) is 22.6 Å². The van der Waals surface area contributed by atoms with E-state index in [-0.39, 0.29) is 12.4 Å². The fourth-order valence-corrected chi connectivity index (χ4v) is 2.88. The van der Waals surface area contributed by atoms with Crippen LogP contribution in [0.4, 0.5) is 0 Å². The number of aldehydes is 1. The Morgan fingerprint density at radius 2 is 1.62 bits per heavy atom. The number of carbonyl (C=O) groups excluding carboxylic acids is 2. The van der Waals surface area contributed by atoms with Gasteiger partial charge in [-0.15, -0.1) is 0 Å². The van der Waals surface area contributed by atoms with Crippen molar-refractivity contribution in [2.24, 2.45) is 0 Å². The van der Waals surface area contributed by atoms with E-state index in [1.807, 2.05) is 42.5 Å². The summed E-state index contributed by atoms with van der Waals surface area (Å²) < 4.78 is 11.4. The Kier molecular flexibility index (Phi) is 5.81. The number of para-hydroxylation sites is 1. The van der Waals surface area contributed by atoms with Gasteiger partial charge in [-0.1, -0.05) is 48.5 Å². The third-order valence-corrected chi connectivity index (χ3v) is 4.27. The molecular weight excluding hydrogens is 396 g/mol. The van der Waals surface area contributed by atoms with Gasteiger partial charge in [0.05, 0.1) is 10.0 Å². The molecule has 0 radical (unpaired) electrons. The molecule has 130 valence electrons. The van der Waals surface area contributed by atoms with Gasteiger partial charge >= 0.3 is 5.97 Å². The topological polar surface area (TPSA) is 52.6 Å². The second kappa shape index (κ2) is 8.45. The molecule has 0 aliphatic carbocycles. The average Bonchev–Trinajstić information content (AvgIpc) is 2.68. The van der Waals surface area contributed by atoms with Crippen molar-refractivity contribution in [3.05, 3.63) is 82.8 Å². The minimum Gasteiger partial charge on any atom is -0.481 e. The highest BCUT2D eigenvalue weighted by molar-refractivity contribution is 9.10. The summed E-state index contributed by atoms with van der Waals surface area (Å²) in [6, 6.07) is 22.1. The first kappa shape index (κ1) is 17.9. The minimum absolute atomic E-state index is 0.217. The normalized spacial score (nSPS) is 10.2. The van der Waals surface area contributed by atoms with Gasteiger partial charge in [-0.25, -0.2) is 4.79 Å². The zero-order valence-electron chi connectivity index (χ0n) is 13.7. The number of rotatable bonds is 6. The van der Waals surface area contributed by atoms with Crippen molar-refractivity contribution in [3.63, 3.8) is 0 Å². The lowest BCUT2D eigenvalue weighted by Crippen LogP contribution is -2.18. The average molecular weight is 411 g/mol. The number of halogens is 1. The van der Waals surface area contributed by atoms with Crippen LogP contribution in [-0.2, 0) is 4.79 Å². The second-order valence-electron chi connectivity index (χ2n) is 5.43. The van der Waals surface area contributed by atoms with Gasteiger partial charge in [0.25, 0.3) is 0 Å². The predicted octanol–water partition coefficient (Wildman–Crippen LogP) is 4.91. The van der Waals surface area contributed by atoms with Gasteiger partial charge in [0.1, 0.15) is 11.5 Å². The SMILES string of the molecule is O=Cc1ccccc1OC(=O)COc1ccc(-c2ccccc2)cc1Br. The summed E-state index contributed by atoms with van der Waals surface area (Å²) >= 11 is 3.46. The van der Waals surface area contributed by atoms with Crippen LogP contribution >= 0.6 is 15.9 Å². The van der Waals surface area contributed by atoms with Gasteiger partial charge < -0.3 is 9.47 Å². The highest BCUT2D eigenvalue weighted by atomic mass is 79.9. The molecule has 3 aromatic carbocycles. The molecule has 0 heterocycles. The smallest absolute Gasteiger partial charge is 0.349 e. The summed E-state index contributed by atoms with van der Waals surface area (Å²) in [5, 5.41) is 0. The highest BCUT2D eigenvalue weighted by Crippen LogP contribution is 2.30. The van der Waals surface area contributed by atoms with E-state index in [0.717, 1.165) is 15.6 Å². The van der Waals surface area contributed by atoms with Crippen LogP contribution in [0.1, 0.15) is 10.4 Å². The quantitative estimate of drug-likeness (QED) is 0.329. The molecule has 0 bridgehead atoms. The number of carbonyl (C=O) groups is 2. The molecule has 0 unspecified atom stereocenters. The summed E-state index contributed by atoms with van der Waals surface area (Å²) in [5.74, 6) is 0.165. The molecule has 0 N–H and O–H groups in total. The molecule has 4 nitrogen and oxygen atoms in total. The van der Waals surface area contributed by atoms with Gasteiger partial charge in [0.15, 0.2) is 12.9 Å². The lowest BCUT2D eigenvalue weighted by Gasteiger charge is -2.10. The van der Waals surface area contributed by atoms with Crippen LogP contribution in [0.15, 0.2) is 77.3 Å². The Labute approximate surface area is 159 Å². The van der Waals surface area contributed by atoms with E-state index in [0.29, 0.717) is 17.6 Å². The van der Waals surface area contributed by atoms with Gasteiger partial charge in [-0.3, -0.25) is 4.79 Å². The standard InChI is InChI=1S/C21H15BrO4/c22-18-12-16(15-6-2-1-3-7-15)10-11-20(18)25-14-21(24)26-19-9-5-4-8-17(19)13-23/h1-13H,14H2. The Hall–Kier alpha value is -2.92. The largest absolute Gasteiger partial charge is 0.481 e. The number of hydrogen-bond donors (Lipinski definition) is 0. The first-order valence-electron chi connectivity index (χ1n) is 7.90. The maximum absolute atomic E-state index is 12.0. The number of hydrogen-bond acceptors (Lipinski definition) is 4. The van der Waals surface area contributed by atoms with Crippen molar-refractivity contribution in [1.29, 1.82) is 0 Å². The third kappa shape index (κ3) is 4.37. The van der Waals surface area contributed by atoms with Crippen molar-refractivity contribution in [2.45, 2.75) is 0 Å². The van der Waals surface area contributed by atoms with Gasteiger partial charge in [-0.2, -0.15) is 0 Å². The maximum Gasteiger partial charge on any atom is 0.349 e. The molecule has 0 atom stereocenters. The minimum atomic E-state index is -0.585. The zero-order valence-corrected chi connectivity index (χ0v) is 15.3. The molecular formula is C21H15BrO4. The van der Waals surface area contributed by atoms with E-state index in [2.05, 4.69) is 15.9 Å². The number of benzene rings is 3. The molecule has 26 heavy (non-hydrogen) atoms. The lowest BCUT2D eigenvalue weighted by molar-refractivity contribution is -0.136. The van der Waals surface area contributed by atoms with Crippen molar-refractivity contribution >= 4 is 28.2 Å². The molecule has 0 aromatic heterocycles. The van der Waals surface area contributed by atoms with Crippen LogP contribution in [0, 0.1) is 0 Å². The number of esters is 1. The second-order valence-corrected chi connectivity index (χ2v) is 6.28. The summed E-state index contributed by atoms with van der Waals surface area (Å²) in [4.78, 5) is 22.9. The molecule has 0 saturated carbocycles. The maximum atomic E-state index is 12.0. The molecule has 0 amide bonds. The van der Waals surface area contributed by atoms with E-state index >= 15 is 0 Å². The van der Waals surface area contributed by atoms with Crippen LogP contribution in [0.3, 0.4) is 0 Å². The summed E-state index contributed by atoms with van der Waals surface area (Å²) in [6.07, 6.45) is 0.641. The fourth-order valence-electron chi connectivity index (χ4n) is 2.39. The number of ether oxygens (including phenoxy) is 2. The van der Waals surface area contributed by atoms with Crippen LogP contribution in [-0.4, -0.2) is 18.9 Å². The summed E-state index contributed by atoms with van der Waals surface area (Å²) in [6.45, 7) is -0.267. The van der Waals surface area contributed by atoms with Crippen molar-refractivity contribution < 1.29 is 19.1 Å². The van der Waals surface area contributed by atoms with E-state index in [4.69, 9.17) is 9.47 Å². The van der Waals surface area contributed by atoms with Crippen LogP contribution in [0.5, 0.6) is 11.5 Å². The van der Waals surface area contributed by atoms with E-state index in [1.165, 1.54) is 0 Å². The third-order valence-electron chi connectivity index (χ3n) is 3.65. The van der Waals surface area contributed by atoms with Gasteiger partial charge in [-0.05, 0) is 51.3 Å². The van der Waals surface area contributed by atoms with Gasteiger partial charge in [0, 0.05) is 0 Å². The van der Waals surface area contributed by atoms with E-state index in [1.54, 1.807) is 30.3 Å². The van der Waals surface area contributed by atoms with Crippen molar-refractivity contribution in [2.75, 3.05) is 6.61 Å². The van der Waals surface area contributed by atoms with Gasteiger partial charge in [0.2, 0.25) is 0 Å². The molecule has 0 aliphatic rings. The van der Waals surface area contributed by atoms with Crippen LogP contribution in [0.2, 0.25) is 0 Å². The molecule has 0 aliphatic heterocycles. The fraction of sp³-hybridized carbons (Fsp3) is 0.0476. The monoisotopic (exact) mass is 410 g/mol. The molecule has 3 rings (SSSR count). The van der Waals surface area contributed by atoms with Crippen LogP contribution in [0.25, 0.3) is 11.1 Å². The molecule has 3 aromatic rings. The van der Waals surface area contributed by atoms with Crippen molar-refractivity contribution in [1.82, 2.24) is 0 Å². The zero-order chi connectivity index (χ0) is 18.4. The molecule has 0 spiro atoms. The Morgan fingerprint density at radius 3 is 2.35 bits per heavy atom. The van der Waals surface area contributed by atoms with E-state index in [9.17, 15) is 9.59 Å². The predicted molar refractivity (Wildman–Crippen MR) is 103 cm³/mol.